The molecule has 6 heteroatoms. The topological polar surface area (TPSA) is 67.4 Å². The molecule has 2 aromatic rings. The quantitative estimate of drug-likeness (QED) is 0.257. The Kier molecular flexibility index (Phi) is 4.69. The van der Waals surface area contributed by atoms with E-state index in [1.54, 1.807) is 0 Å². The van der Waals surface area contributed by atoms with Crippen LogP contribution in [-0.2, 0) is 9.53 Å². The molecule has 0 aromatic heterocycles. The standard InChI is InChI=1S/C22H21N3O3/c1-25(2)14-8-9-17-19(12-14)28-20-13-18(23-11-10-21(26)27-3)15-6-4-5-7-16(15)22(20)24-17/h4-9,12-13H,10-11H2,1-3H3/p+1. The highest BCUT2D eigenvalue weighted by Gasteiger charge is 2.15. The van der Waals surface area contributed by atoms with Crippen LogP contribution in [0.25, 0.3) is 33.3 Å². The highest BCUT2D eigenvalue weighted by atomic mass is 16.5. The number of esters is 1. The maximum Gasteiger partial charge on any atom is 0.307 e. The molecular weight excluding hydrogens is 354 g/mol. The fraction of sp³-hybridized carbons (Fsp3) is 0.227. The van der Waals surface area contributed by atoms with Gasteiger partial charge in [0, 0.05) is 35.1 Å². The number of nitrogens with one attached hydrogen (secondary N) is 1. The Balaban J connectivity index is 1.89. The van der Waals surface area contributed by atoms with Gasteiger partial charge in [0.15, 0.2) is 11.3 Å². The first-order chi connectivity index (χ1) is 13.6. The SMILES string of the molecule is COC(=O)CCNc1cc2oc3cc(=[N+](C)C)ccc-3nc2c2ccccc12. The smallest absolute Gasteiger partial charge is 0.307 e. The molecule has 4 rings (SSSR count). The Bertz CT molecular complexity index is 1220. The van der Waals surface area contributed by atoms with Crippen LogP contribution in [0, 0.1) is 0 Å². The predicted octanol–water partition coefficient (Wildman–Crippen LogP) is 3.09. The third-order valence-electron chi connectivity index (χ3n) is 4.77. The molecule has 1 aliphatic carbocycles. The molecular formula is C22H22N3O3+. The van der Waals surface area contributed by atoms with Crippen LogP contribution in [0.3, 0.4) is 0 Å². The first kappa shape index (κ1) is 18.0. The molecule has 0 fully saturated rings. The summed E-state index contributed by atoms with van der Waals surface area (Å²) in [4.78, 5) is 16.3. The van der Waals surface area contributed by atoms with E-state index < -0.39 is 0 Å². The van der Waals surface area contributed by atoms with E-state index in [-0.39, 0.29) is 5.97 Å². The van der Waals surface area contributed by atoms with Gasteiger partial charge >= 0.3 is 5.97 Å². The predicted molar refractivity (Wildman–Crippen MR) is 110 cm³/mol. The maximum absolute atomic E-state index is 11.4. The van der Waals surface area contributed by atoms with Crippen molar-refractivity contribution in [2.45, 2.75) is 6.42 Å². The minimum atomic E-state index is -0.244. The maximum atomic E-state index is 11.4. The second-order valence-corrected chi connectivity index (χ2v) is 6.83. The monoisotopic (exact) mass is 376 g/mol. The molecule has 0 radical (unpaired) electrons. The molecule has 0 unspecified atom stereocenters. The van der Waals surface area contributed by atoms with E-state index in [0.29, 0.717) is 18.5 Å². The number of rotatable bonds is 4. The van der Waals surface area contributed by atoms with Crippen LogP contribution in [0.2, 0.25) is 0 Å². The number of benzene rings is 3. The zero-order valence-corrected chi connectivity index (χ0v) is 16.2. The first-order valence-electron chi connectivity index (χ1n) is 9.14. The second kappa shape index (κ2) is 7.31. The lowest BCUT2D eigenvalue weighted by molar-refractivity contribution is -0.140. The number of hydrogen-bond donors (Lipinski definition) is 1. The van der Waals surface area contributed by atoms with Gasteiger partial charge in [0.05, 0.1) is 19.6 Å². The molecule has 6 nitrogen and oxygen atoms in total. The highest BCUT2D eigenvalue weighted by molar-refractivity contribution is 6.10. The van der Waals surface area contributed by atoms with Crippen molar-refractivity contribution in [1.82, 2.24) is 9.56 Å². The average Bonchev–Trinajstić information content (AvgIpc) is 2.71. The number of carbonyl (C=O) groups is 1. The summed E-state index contributed by atoms with van der Waals surface area (Å²) in [6.45, 7) is 0.480. The Morgan fingerprint density at radius 2 is 1.93 bits per heavy atom. The van der Waals surface area contributed by atoms with Gasteiger partial charge < -0.3 is 14.5 Å². The first-order valence-corrected chi connectivity index (χ1v) is 9.14. The summed E-state index contributed by atoms with van der Waals surface area (Å²) in [7, 11) is 5.38. The van der Waals surface area contributed by atoms with E-state index in [2.05, 4.69) is 5.32 Å². The number of methoxy groups -OCH3 is 1. The third-order valence-corrected chi connectivity index (χ3v) is 4.77. The minimum Gasteiger partial charge on any atom is -0.469 e. The molecule has 1 N–H and O–H groups in total. The van der Waals surface area contributed by atoms with Crippen molar-refractivity contribution in [2.24, 2.45) is 0 Å². The molecule has 2 aromatic carbocycles. The van der Waals surface area contributed by atoms with Crippen LogP contribution in [0.4, 0.5) is 5.69 Å². The normalized spacial score (nSPS) is 11.1. The molecule has 2 aliphatic rings. The van der Waals surface area contributed by atoms with Gasteiger partial charge in [-0.15, -0.1) is 0 Å². The van der Waals surface area contributed by atoms with Gasteiger partial charge in [-0.25, -0.2) is 9.56 Å². The molecule has 142 valence electrons. The van der Waals surface area contributed by atoms with Crippen LogP contribution in [0.1, 0.15) is 6.42 Å². The average molecular weight is 376 g/mol. The summed E-state index contributed by atoms with van der Waals surface area (Å²) >= 11 is 0. The van der Waals surface area contributed by atoms with Gasteiger partial charge in [-0.1, -0.05) is 24.3 Å². The van der Waals surface area contributed by atoms with Crippen LogP contribution in [-0.4, -0.2) is 38.7 Å². The van der Waals surface area contributed by atoms with Gasteiger partial charge in [-0.05, 0) is 6.07 Å². The molecule has 0 bridgehead atoms. The van der Waals surface area contributed by atoms with E-state index >= 15 is 0 Å². The van der Waals surface area contributed by atoms with E-state index in [1.807, 2.05) is 67.2 Å². The zero-order chi connectivity index (χ0) is 19.7. The molecule has 0 saturated heterocycles. The van der Waals surface area contributed by atoms with Crippen LogP contribution >= 0.6 is 0 Å². The molecule has 0 saturated carbocycles. The fourth-order valence-electron chi connectivity index (χ4n) is 3.27. The number of fused-ring (bicyclic) bond motifs is 4. The Morgan fingerprint density at radius 3 is 2.68 bits per heavy atom. The van der Waals surface area contributed by atoms with Gasteiger partial charge in [-0.2, -0.15) is 0 Å². The summed E-state index contributed by atoms with van der Waals surface area (Å²) in [6.07, 6.45) is 0.294. The molecule has 0 amide bonds. The minimum absolute atomic E-state index is 0.244. The number of nitrogens with zero attached hydrogens (tertiary/aromatic N) is 2. The fourth-order valence-corrected chi connectivity index (χ4v) is 3.27. The largest absolute Gasteiger partial charge is 0.469 e. The van der Waals surface area contributed by atoms with E-state index in [9.17, 15) is 4.79 Å². The number of anilines is 1. The van der Waals surface area contributed by atoms with Crippen molar-refractivity contribution in [2.75, 3.05) is 33.1 Å². The Labute approximate surface area is 162 Å². The van der Waals surface area contributed by atoms with Gasteiger partial charge in [0.1, 0.15) is 25.3 Å². The van der Waals surface area contributed by atoms with Crippen molar-refractivity contribution < 1.29 is 13.9 Å². The number of carbonyl (C=O) groups excluding carboxylic acids is 1. The van der Waals surface area contributed by atoms with Crippen molar-refractivity contribution in [3.05, 3.63) is 53.9 Å². The third kappa shape index (κ3) is 3.29. The summed E-state index contributed by atoms with van der Waals surface area (Å²) in [5.41, 5.74) is 3.23. The van der Waals surface area contributed by atoms with Crippen molar-refractivity contribution in [3.63, 3.8) is 0 Å². The lowest BCUT2D eigenvalue weighted by Crippen LogP contribution is -2.21. The van der Waals surface area contributed by atoms with Crippen molar-refractivity contribution >= 4 is 33.5 Å². The van der Waals surface area contributed by atoms with Gasteiger partial charge in [0.2, 0.25) is 5.36 Å². The molecule has 1 aliphatic heterocycles. The van der Waals surface area contributed by atoms with Crippen LogP contribution in [0.5, 0.6) is 0 Å². The summed E-state index contributed by atoms with van der Waals surface area (Å²) in [6, 6.07) is 16.0. The van der Waals surface area contributed by atoms with Crippen LogP contribution < -0.4 is 15.2 Å². The van der Waals surface area contributed by atoms with Gasteiger partial charge in [-0.3, -0.25) is 4.79 Å². The second-order valence-electron chi connectivity index (χ2n) is 6.83. The van der Waals surface area contributed by atoms with E-state index in [4.69, 9.17) is 14.1 Å². The number of hydrogen-bond acceptors (Lipinski definition) is 5. The lowest BCUT2D eigenvalue weighted by atomic mass is 10.1. The zero-order valence-electron chi connectivity index (χ0n) is 16.2. The van der Waals surface area contributed by atoms with Crippen molar-refractivity contribution in [1.29, 1.82) is 0 Å². The summed E-state index contributed by atoms with van der Waals surface area (Å²) in [5.74, 6) is 0.487. The molecule has 0 spiro atoms. The van der Waals surface area contributed by atoms with Crippen molar-refractivity contribution in [3.8, 4) is 11.5 Å². The summed E-state index contributed by atoms with van der Waals surface area (Å²) in [5, 5.41) is 6.41. The molecule has 0 atom stereocenters. The highest BCUT2D eigenvalue weighted by Crippen LogP contribution is 2.33. The lowest BCUT2D eigenvalue weighted by Gasteiger charge is -2.13. The van der Waals surface area contributed by atoms with Crippen LogP contribution in [0.15, 0.2) is 52.9 Å². The summed E-state index contributed by atoms with van der Waals surface area (Å²) < 4.78 is 13.0. The van der Waals surface area contributed by atoms with Gasteiger partial charge in [0.25, 0.3) is 0 Å². The Morgan fingerprint density at radius 1 is 1.14 bits per heavy atom. The number of aromatic nitrogens is 1. The van der Waals surface area contributed by atoms with E-state index in [0.717, 1.165) is 38.8 Å². The Hall–Kier alpha value is -3.41. The van der Waals surface area contributed by atoms with E-state index in [1.165, 1.54) is 7.11 Å². The number of ether oxygens (including phenoxy) is 1. The molecule has 28 heavy (non-hydrogen) atoms. The molecule has 1 heterocycles.